The van der Waals surface area contributed by atoms with Crippen LogP contribution in [-0.2, 0) is 13.0 Å². The highest BCUT2D eigenvalue weighted by Crippen LogP contribution is 2.33. The van der Waals surface area contributed by atoms with Crippen LogP contribution in [0.1, 0.15) is 29.9 Å². The molecule has 0 spiro atoms. The average molecular weight is 290 g/mol. The molecule has 1 aliphatic heterocycles. The van der Waals surface area contributed by atoms with Crippen LogP contribution in [0.25, 0.3) is 0 Å². The number of rotatable bonds is 2. The van der Waals surface area contributed by atoms with E-state index >= 15 is 0 Å². The molecule has 2 heterocycles. The fourth-order valence-corrected chi connectivity index (χ4v) is 2.92. The number of carbonyl (C=O) groups excluding carboxylic acids is 1. The third-order valence-corrected chi connectivity index (χ3v) is 3.95. The fraction of sp³-hybridized carbons (Fsp3) is 0.333. The molecule has 1 aliphatic rings. The molecule has 1 amide bonds. The molecule has 0 saturated carbocycles. The highest BCUT2D eigenvalue weighted by atomic mass is 35.5. The zero-order chi connectivity index (χ0) is 14.3. The lowest BCUT2D eigenvalue weighted by Gasteiger charge is -2.21. The first kappa shape index (κ1) is 13.2. The number of amides is 1. The molecule has 20 heavy (non-hydrogen) atoms. The number of benzene rings is 1. The fourth-order valence-electron chi connectivity index (χ4n) is 2.69. The van der Waals surface area contributed by atoms with E-state index in [2.05, 4.69) is 11.2 Å². The minimum absolute atomic E-state index is 0.125. The lowest BCUT2D eigenvalue weighted by atomic mass is 10.1. The van der Waals surface area contributed by atoms with E-state index in [-0.39, 0.29) is 11.9 Å². The Morgan fingerprint density at radius 1 is 1.45 bits per heavy atom. The van der Waals surface area contributed by atoms with Gasteiger partial charge in [-0.05, 0) is 31.9 Å². The Morgan fingerprint density at radius 3 is 2.90 bits per heavy atom. The smallest absolute Gasteiger partial charge is 0.280 e. The number of aromatic nitrogens is 2. The lowest BCUT2D eigenvalue weighted by Crippen LogP contribution is -2.36. The molecule has 1 aromatic heterocycles. The zero-order valence-corrected chi connectivity index (χ0v) is 12.3. The van der Waals surface area contributed by atoms with E-state index in [0.29, 0.717) is 17.3 Å². The van der Waals surface area contributed by atoms with Crippen LogP contribution in [-0.4, -0.2) is 21.7 Å². The standard InChI is InChI=1S/C15H16ClN3O/c1-3-18-9-12(16)14(17-18)15(20)19-10(2)8-11-6-4-5-7-13(11)19/h4-7,9-10H,3,8H2,1-2H3. The van der Waals surface area contributed by atoms with Crippen LogP contribution in [0.4, 0.5) is 5.69 Å². The zero-order valence-electron chi connectivity index (χ0n) is 11.5. The highest BCUT2D eigenvalue weighted by molar-refractivity contribution is 6.34. The van der Waals surface area contributed by atoms with Gasteiger partial charge in [-0.1, -0.05) is 29.8 Å². The molecule has 3 rings (SSSR count). The molecule has 104 valence electrons. The van der Waals surface area contributed by atoms with Gasteiger partial charge in [-0.25, -0.2) is 0 Å². The summed E-state index contributed by atoms with van der Waals surface area (Å²) in [6, 6.07) is 8.11. The molecule has 1 atom stereocenters. The summed E-state index contributed by atoms with van der Waals surface area (Å²) in [5, 5.41) is 4.68. The number of anilines is 1. The quantitative estimate of drug-likeness (QED) is 0.852. The number of hydrogen-bond donors (Lipinski definition) is 0. The molecule has 0 bridgehead atoms. The van der Waals surface area contributed by atoms with Crippen LogP contribution in [0.2, 0.25) is 5.02 Å². The monoisotopic (exact) mass is 289 g/mol. The summed E-state index contributed by atoms with van der Waals surface area (Å²) < 4.78 is 1.68. The van der Waals surface area contributed by atoms with Crippen molar-refractivity contribution in [2.45, 2.75) is 32.9 Å². The van der Waals surface area contributed by atoms with E-state index in [1.807, 2.05) is 32.0 Å². The van der Waals surface area contributed by atoms with Crippen molar-refractivity contribution >= 4 is 23.2 Å². The maximum Gasteiger partial charge on any atom is 0.280 e. The maximum atomic E-state index is 12.7. The Labute approximate surface area is 123 Å². The summed E-state index contributed by atoms with van der Waals surface area (Å²) in [7, 11) is 0. The van der Waals surface area contributed by atoms with Gasteiger partial charge in [0.15, 0.2) is 5.69 Å². The number of para-hydroxylation sites is 1. The topological polar surface area (TPSA) is 38.1 Å². The van der Waals surface area contributed by atoms with E-state index in [1.54, 1.807) is 15.8 Å². The van der Waals surface area contributed by atoms with Gasteiger partial charge in [0.05, 0.1) is 5.02 Å². The minimum atomic E-state index is -0.125. The van der Waals surface area contributed by atoms with E-state index < -0.39 is 0 Å². The Bertz CT molecular complexity index is 665. The molecule has 5 heteroatoms. The summed E-state index contributed by atoms with van der Waals surface area (Å²) in [5.74, 6) is -0.125. The Balaban J connectivity index is 2.00. The normalized spacial score (nSPS) is 17.4. The molecular formula is C15H16ClN3O. The number of carbonyl (C=O) groups is 1. The Morgan fingerprint density at radius 2 is 2.20 bits per heavy atom. The van der Waals surface area contributed by atoms with Gasteiger partial charge in [-0.3, -0.25) is 9.48 Å². The second-order valence-corrected chi connectivity index (χ2v) is 5.45. The van der Waals surface area contributed by atoms with Crippen LogP contribution < -0.4 is 4.90 Å². The van der Waals surface area contributed by atoms with Crippen LogP contribution in [0.3, 0.4) is 0 Å². The largest absolute Gasteiger partial charge is 0.304 e. The van der Waals surface area contributed by atoms with Crippen LogP contribution in [0, 0.1) is 0 Å². The second kappa shape index (κ2) is 4.94. The van der Waals surface area contributed by atoms with Gasteiger partial charge in [0, 0.05) is 24.5 Å². The summed E-state index contributed by atoms with van der Waals surface area (Å²) >= 11 is 6.14. The summed E-state index contributed by atoms with van der Waals surface area (Å²) in [6.45, 7) is 4.70. The maximum absolute atomic E-state index is 12.7. The molecule has 1 unspecified atom stereocenters. The van der Waals surface area contributed by atoms with E-state index in [9.17, 15) is 4.79 Å². The first-order chi connectivity index (χ1) is 9.61. The van der Waals surface area contributed by atoms with Crippen molar-refractivity contribution in [1.82, 2.24) is 9.78 Å². The Hall–Kier alpha value is -1.81. The third-order valence-electron chi connectivity index (χ3n) is 3.67. The molecule has 0 fully saturated rings. The van der Waals surface area contributed by atoms with Crippen molar-refractivity contribution < 1.29 is 4.79 Å². The number of fused-ring (bicyclic) bond motifs is 1. The molecule has 0 radical (unpaired) electrons. The summed E-state index contributed by atoms with van der Waals surface area (Å²) in [5.41, 5.74) is 2.49. The summed E-state index contributed by atoms with van der Waals surface area (Å²) in [6.07, 6.45) is 2.56. The second-order valence-electron chi connectivity index (χ2n) is 5.04. The number of nitrogens with zero attached hydrogens (tertiary/aromatic N) is 3. The lowest BCUT2D eigenvalue weighted by molar-refractivity contribution is 0.0976. The van der Waals surface area contributed by atoms with Gasteiger partial charge in [0.25, 0.3) is 5.91 Å². The van der Waals surface area contributed by atoms with Crippen molar-refractivity contribution in [3.05, 3.63) is 46.7 Å². The first-order valence-electron chi connectivity index (χ1n) is 6.76. The average Bonchev–Trinajstić information content (AvgIpc) is 2.97. The van der Waals surface area contributed by atoms with Crippen molar-refractivity contribution in [3.8, 4) is 0 Å². The van der Waals surface area contributed by atoms with E-state index in [0.717, 1.165) is 12.1 Å². The van der Waals surface area contributed by atoms with Crippen molar-refractivity contribution in [3.63, 3.8) is 0 Å². The predicted octanol–water partition coefficient (Wildman–Crippen LogP) is 3.15. The summed E-state index contributed by atoms with van der Waals surface area (Å²) in [4.78, 5) is 14.5. The molecule has 0 N–H and O–H groups in total. The SMILES string of the molecule is CCn1cc(Cl)c(C(=O)N2c3ccccc3CC2C)n1. The van der Waals surface area contributed by atoms with Gasteiger partial charge >= 0.3 is 0 Å². The van der Waals surface area contributed by atoms with Crippen molar-refractivity contribution in [1.29, 1.82) is 0 Å². The minimum Gasteiger partial charge on any atom is -0.304 e. The third kappa shape index (κ3) is 2.00. The van der Waals surface area contributed by atoms with Crippen LogP contribution in [0.15, 0.2) is 30.5 Å². The number of halogens is 1. The molecule has 4 nitrogen and oxygen atoms in total. The molecular weight excluding hydrogens is 274 g/mol. The molecule has 0 saturated heterocycles. The number of hydrogen-bond acceptors (Lipinski definition) is 2. The van der Waals surface area contributed by atoms with Gasteiger partial charge in [0.2, 0.25) is 0 Å². The van der Waals surface area contributed by atoms with E-state index in [1.165, 1.54) is 5.56 Å². The predicted molar refractivity (Wildman–Crippen MR) is 79.3 cm³/mol. The van der Waals surface area contributed by atoms with Crippen molar-refractivity contribution in [2.75, 3.05) is 4.90 Å². The van der Waals surface area contributed by atoms with Crippen LogP contribution >= 0.6 is 11.6 Å². The Kier molecular flexibility index (Phi) is 3.26. The van der Waals surface area contributed by atoms with Crippen LogP contribution in [0.5, 0.6) is 0 Å². The van der Waals surface area contributed by atoms with Gasteiger partial charge in [-0.15, -0.1) is 0 Å². The van der Waals surface area contributed by atoms with Gasteiger partial charge < -0.3 is 4.90 Å². The number of aryl methyl sites for hydroxylation is 1. The molecule has 0 aliphatic carbocycles. The van der Waals surface area contributed by atoms with Gasteiger partial charge in [-0.2, -0.15) is 5.10 Å². The molecule has 1 aromatic carbocycles. The highest BCUT2D eigenvalue weighted by Gasteiger charge is 2.33. The van der Waals surface area contributed by atoms with Crippen molar-refractivity contribution in [2.24, 2.45) is 0 Å². The van der Waals surface area contributed by atoms with Gasteiger partial charge in [0.1, 0.15) is 0 Å². The van der Waals surface area contributed by atoms with E-state index in [4.69, 9.17) is 11.6 Å². The first-order valence-corrected chi connectivity index (χ1v) is 7.14. The molecule has 2 aromatic rings.